The van der Waals surface area contributed by atoms with Crippen molar-refractivity contribution in [2.75, 3.05) is 27.4 Å². The molecule has 0 aromatic carbocycles. The summed E-state index contributed by atoms with van der Waals surface area (Å²) in [5.74, 6) is 0.780. The molecule has 16 heavy (non-hydrogen) atoms. The largest absolute Gasteiger partial charge is 0.394 e. The molecule has 0 saturated heterocycles. The molecule has 1 aliphatic carbocycles. The molecule has 4 nitrogen and oxygen atoms in total. The zero-order chi connectivity index (χ0) is 12.0. The maximum absolute atomic E-state index is 9.54. The van der Waals surface area contributed by atoms with E-state index in [4.69, 9.17) is 9.47 Å². The third-order valence-electron chi connectivity index (χ3n) is 3.70. The summed E-state index contributed by atoms with van der Waals surface area (Å²) in [5, 5.41) is 12.9. The van der Waals surface area contributed by atoms with Gasteiger partial charge in [0.05, 0.1) is 6.61 Å². The van der Waals surface area contributed by atoms with Crippen LogP contribution in [0.5, 0.6) is 0 Å². The molecule has 1 aliphatic rings. The smallest absolute Gasteiger partial charge is 0.169 e. The summed E-state index contributed by atoms with van der Waals surface area (Å²) >= 11 is 0. The zero-order valence-corrected chi connectivity index (χ0v) is 10.7. The lowest BCUT2D eigenvalue weighted by molar-refractivity contribution is -0.104. The van der Waals surface area contributed by atoms with Gasteiger partial charge in [-0.3, -0.25) is 0 Å². The molecular weight excluding hydrogens is 206 g/mol. The minimum Gasteiger partial charge on any atom is -0.394 e. The molecule has 0 aromatic rings. The molecule has 0 aromatic heterocycles. The lowest BCUT2D eigenvalue weighted by Crippen LogP contribution is -2.53. The fourth-order valence-electron chi connectivity index (χ4n) is 2.27. The lowest BCUT2D eigenvalue weighted by Gasteiger charge is -2.39. The van der Waals surface area contributed by atoms with Crippen molar-refractivity contribution >= 4 is 0 Å². The molecule has 0 unspecified atom stereocenters. The van der Waals surface area contributed by atoms with Crippen molar-refractivity contribution in [3.05, 3.63) is 0 Å². The molecular formula is C12H25NO3. The van der Waals surface area contributed by atoms with Crippen LogP contribution in [0.25, 0.3) is 0 Å². The van der Waals surface area contributed by atoms with Crippen molar-refractivity contribution in [3.63, 3.8) is 0 Å². The van der Waals surface area contributed by atoms with E-state index in [2.05, 4.69) is 12.2 Å². The Balaban J connectivity index is 2.41. The number of rotatable bonds is 6. The molecule has 0 spiro atoms. The number of aliphatic hydroxyl groups is 1. The zero-order valence-electron chi connectivity index (χ0n) is 10.7. The van der Waals surface area contributed by atoms with Crippen molar-refractivity contribution in [1.29, 1.82) is 0 Å². The van der Waals surface area contributed by atoms with Crippen LogP contribution in [0.3, 0.4) is 0 Å². The molecule has 0 heterocycles. The quantitative estimate of drug-likeness (QED) is 0.673. The Hall–Kier alpha value is -0.160. The third-order valence-corrected chi connectivity index (χ3v) is 3.70. The Morgan fingerprint density at radius 1 is 1.31 bits per heavy atom. The summed E-state index contributed by atoms with van der Waals surface area (Å²) in [4.78, 5) is 0. The van der Waals surface area contributed by atoms with Gasteiger partial charge in [0, 0.05) is 26.3 Å². The highest BCUT2D eigenvalue weighted by Crippen LogP contribution is 2.31. The first-order valence-electron chi connectivity index (χ1n) is 6.07. The highest BCUT2D eigenvalue weighted by Gasteiger charge is 2.33. The third kappa shape index (κ3) is 3.70. The maximum atomic E-state index is 9.54. The molecule has 1 saturated carbocycles. The summed E-state index contributed by atoms with van der Waals surface area (Å²) in [5.41, 5.74) is -0.123. The predicted octanol–water partition coefficient (Wildman–Crippen LogP) is 1.14. The van der Waals surface area contributed by atoms with E-state index in [0.29, 0.717) is 6.54 Å². The number of aliphatic hydroxyl groups excluding tert-OH is 1. The van der Waals surface area contributed by atoms with Crippen LogP contribution in [0.1, 0.15) is 32.6 Å². The van der Waals surface area contributed by atoms with E-state index in [9.17, 15) is 5.11 Å². The number of hydrogen-bond donors (Lipinski definition) is 2. The predicted molar refractivity (Wildman–Crippen MR) is 63.3 cm³/mol. The van der Waals surface area contributed by atoms with Gasteiger partial charge in [-0.2, -0.15) is 0 Å². The number of methoxy groups -OCH3 is 2. The topological polar surface area (TPSA) is 50.7 Å². The van der Waals surface area contributed by atoms with E-state index in [1.54, 1.807) is 14.2 Å². The molecule has 2 N–H and O–H groups in total. The average molecular weight is 231 g/mol. The minimum atomic E-state index is -0.234. The van der Waals surface area contributed by atoms with Gasteiger partial charge in [0.25, 0.3) is 0 Å². The van der Waals surface area contributed by atoms with E-state index in [0.717, 1.165) is 18.8 Å². The van der Waals surface area contributed by atoms with E-state index in [1.807, 2.05) is 0 Å². The molecule has 4 heteroatoms. The summed E-state index contributed by atoms with van der Waals surface area (Å²) in [6.07, 6.45) is 4.19. The van der Waals surface area contributed by atoms with Gasteiger partial charge in [0.15, 0.2) is 6.29 Å². The maximum Gasteiger partial charge on any atom is 0.169 e. The van der Waals surface area contributed by atoms with Crippen LogP contribution in [0.2, 0.25) is 0 Å². The first kappa shape index (κ1) is 13.9. The van der Waals surface area contributed by atoms with Crippen LogP contribution in [-0.2, 0) is 9.47 Å². The molecule has 0 radical (unpaired) electrons. The Bertz CT molecular complexity index is 187. The Morgan fingerprint density at radius 3 is 2.31 bits per heavy atom. The van der Waals surface area contributed by atoms with Gasteiger partial charge in [-0.1, -0.05) is 6.92 Å². The fourth-order valence-corrected chi connectivity index (χ4v) is 2.27. The van der Waals surface area contributed by atoms with Crippen LogP contribution in [0.15, 0.2) is 0 Å². The Morgan fingerprint density at radius 2 is 1.88 bits per heavy atom. The highest BCUT2D eigenvalue weighted by atomic mass is 16.7. The normalized spacial score (nSPS) is 30.9. The molecule has 96 valence electrons. The Kier molecular flexibility index (Phi) is 5.69. The van der Waals surface area contributed by atoms with Gasteiger partial charge in [-0.25, -0.2) is 0 Å². The second-order valence-electron chi connectivity index (χ2n) is 4.90. The van der Waals surface area contributed by atoms with Crippen LogP contribution < -0.4 is 5.32 Å². The van der Waals surface area contributed by atoms with Crippen molar-refractivity contribution in [3.8, 4) is 0 Å². The van der Waals surface area contributed by atoms with E-state index in [-0.39, 0.29) is 18.4 Å². The number of ether oxygens (including phenoxy) is 2. The SMILES string of the molecule is COC(CNC1(CO)CCC(C)CC1)OC. The van der Waals surface area contributed by atoms with Gasteiger partial charge in [0.2, 0.25) is 0 Å². The molecule has 0 bridgehead atoms. The molecule has 0 atom stereocenters. The van der Waals surface area contributed by atoms with Gasteiger partial charge in [-0.15, -0.1) is 0 Å². The molecule has 0 aliphatic heterocycles. The van der Waals surface area contributed by atoms with E-state index >= 15 is 0 Å². The second-order valence-corrected chi connectivity index (χ2v) is 4.90. The van der Waals surface area contributed by atoms with Crippen LogP contribution in [0.4, 0.5) is 0 Å². The fraction of sp³-hybridized carbons (Fsp3) is 1.00. The van der Waals surface area contributed by atoms with Gasteiger partial charge in [-0.05, 0) is 31.6 Å². The summed E-state index contributed by atoms with van der Waals surface area (Å²) < 4.78 is 10.3. The van der Waals surface area contributed by atoms with E-state index in [1.165, 1.54) is 12.8 Å². The van der Waals surface area contributed by atoms with Crippen molar-refractivity contribution in [2.24, 2.45) is 5.92 Å². The van der Waals surface area contributed by atoms with Gasteiger partial charge in [0.1, 0.15) is 0 Å². The Labute approximate surface area is 98.3 Å². The van der Waals surface area contributed by atoms with Crippen molar-refractivity contribution in [1.82, 2.24) is 5.32 Å². The van der Waals surface area contributed by atoms with Gasteiger partial charge >= 0.3 is 0 Å². The first-order chi connectivity index (χ1) is 7.65. The first-order valence-corrected chi connectivity index (χ1v) is 6.07. The van der Waals surface area contributed by atoms with Crippen LogP contribution in [0, 0.1) is 5.92 Å². The summed E-state index contributed by atoms with van der Waals surface area (Å²) in [6.45, 7) is 3.09. The van der Waals surface area contributed by atoms with Gasteiger partial charge < -0.3 is 19.9 Å². The monoisotopic (exact) mass is 231 g/mol. The minimum absolute atomic E-state index is 0.123. The van der Waals surface area contributed by atoms with Crippen molar-refractivity contribution < 1.29 is 14.6 Å². The average Bonchev–Trinajstić information content (AvgIpc) is 2.33. The van der Waals surface area contributed by atoms with Crippen LogP contribution in [-0.4, -0.2) is 44.3 Å². The summed E-state index contributed by atoms with van der Waals surface area (Å²) in [7, 11) is 3.26. The standard InChI is InChI=1S/C12H25NO3/c1-10-4-6-12(9-14,7-5-10)13-8-11(15-2)16-3/h10-11,13-14H,4-9H2,1-3H3. The lowest BCUT2D eigenvalue weighted by atomic mass is 9.77. The van der Waals surface area contributed by atoms with Crippen molar-refractivity contribution in [2.45, 2.75) is 44.4 Å². The second kappa shape index (κ2) is 6.55. The molecule has 0 amide bonds. The number of nitrogens with one attached hydrogen (secondary N) is 1. The van der Waals surface area contributed by atoms with Crippen LogP contribution >= 0.6 is 0 Å². The summed E-state index contributed by atoms with van der Waals surface area (Å²) in [6, 6.07) is 0. The highest BCUT2D eigenvalue weighted by molar-refractivity contribution is 4.91. The number of hydrogen-bond acceptors (Lipinski definition) is 4. The molecule has 1 rings (SSSR count). The van der Waals surface area contributed by atoms with E-state index < -0.39 is 0 Å². The molecule has 1 fully saturated rings.